The first-order valence-corrected chi connectivity index (χ1v) is 5.72. The summed E-state index contributed by atoms with van der Waals surface area (Å²) < 4.78 is 0. The molecule has 0 unspecified atom stereocenters. The predicted molar refractivity (Wildman–Crippen MR) is 58.3 cm³/mol. The second-order valence-corrected chi connectivity index (χ2v) is 6.02. The van der Waals surface area contributed by atoms with Crippen molar-refractivity contribution in [2.75, 3.05) is 14.1 Å². The van der Waals surface area contributed by atoms with Crippen LogP contribution in [0.2, 0.25) is 0 Å². The van der Waals surface area contributed by atoms with E-state index in [4.69, 9.17) is 0 Å². The van der Waals surface area contributed by atoms with Gasteiger partial charge in [-0.2, -0.15) is 0 Å². The first kappa shape index (κ1) is 10.9. The van der Waals surface area contributed by atoms with E-state index in [0.29, 0.717) is 5.92 Å². The fourth-order valence-corrected chi connectivity index (χ4v) is 3.65. The maximum absolute atomic E-state index is 12.2. The number of nitrogens with zero attached hydrogens (tertiary/aromatic N) is 1. The van der Waals surface area contributed by atoms with Crippen molar-refractivity contribution >= 4 is 5.91 Å². The molecule has 0 aromatic carbocycles. The van der Waals surface area contributed by atoms with Crippen LogP contribution in [0.25, 0.3) is 0 Å². The summed E-state index contributed by atoms with van der Waals surface area (Å²) in [6, 6.07) is 0. The molecule has 1 amide bonds. The lowest BCUT2D eigenvalue weighted by Gasteiger charge is -2.40. The molecule has 0 radical (unpaired) electrons. The summed E-state index contributed by atoms with van der Waals surface area (Å²) in [6.07, 6.45) is 2.35. The van der Waals surface area contributed by atoms with Gasteiger partial charge in [0, 0.05) is 14.1 Å². The van der Waals surface area contributed by atoms with Crippen LogP contribution in [0.4, 0.5) is 0 Å². The fourth-order valence-electron chi connectivity index (χ4n) is 3.65. The Labute approximate surface area is 91.5 Å². The second-order valence-electron chi connectivity index (χ2n) is 6.02. The van der Waals surface area contributed by atoms with Crippen molar-refractivity contribution in [3.63, 3.8) is 0 Å². The molecule has 2 aliphatic rings. The van der Waals surface area contributed by atoms with E-state index in [2.05, 4.69) is 13.8 Å². The standard InChI is InChI=1S/C12H21NO2/c1-11(2)8-5-6-12(7-8,9(11)14)10(15)13(3)4/h8-9,14H,5-7H2,1-4H3/t8-,9+,12-/m1/s1. The zero-order chi connectivity index (χ0) is 11.4. The molecule has 3 atom stereocenters. The molecule has 2 aliphatic carbocycles. The van der Waals surface area contributed by atoms with E-state index in [9.17, 15) is 9.90 Å². The lowest BCUT2D eigenvalue weighted by Crippen LogP contribution is -2.49. The summed E-state index contributed by atoms with van der Waals surface area (Å²) in [5.74, 6) is 0.625. The average molecular weight is 211 g/mol. The van der Waals surface area contributed by atoms with Crippen molar-refractivity contribution in [1.82, 2.24) is 4.90 Å². The average Bonchev–Trinajstić information content (AvgIpc) is 2.66. The van der Waals surface area contributed by atoms with E-state index >= 15 is 0 Å². The zero-order valence-corrected chi connectivity index (χ0v) is 10.1. The molecule has 0 aliphatic heterocycles. The summed E-state index contributed by atoms with van der Waals surface area (Å²) in [5, 5.41) is 10.4. The van der Waals surface area contributed by atoms with Crippen molar-refractivity contribution < 1.29 is 9.90 Å². The van der Waals surface area contributed by atoms with Crippen LogP contribution in [-0.4, -0.2) is 36.1 Å². The van der Waals surface area contributed by atoms with Gasteiger partial charge < -0.3 is 10.0 Å². The molecule has 2 rings (SSSR count). The first-order chi connectivity index (χ1) is 6.82. The van der Waals surface area contributed by atoms with Gasteiger partial charge in [0.1, 0.15) is 0 Å². The molecule has 2 bridgehead atoms. The minimum Gasteiger partial charge on any atom is -0.391 e. The molecule has 0 heterocycles. The Hall–Kier alpha value is -0.570. The SMILES string of the molecule is CN(C)C(=O)[C@]12CC[C@H](C1)C(C)(C)[C@@H]2O. The Morgan fingerprint density at radius 1 is 1.40 bits per heavy atom. The highest BCUT2D eigenvalue weighted by Crippen LogP contribution is 2.63. The second kappa shape index (κ2) is 2.97. The van der Waals surface area contributed by atoms with Crippen LogP contribution in [0.5, 0.6) is 0 Å². The van der Waals surface area contributed by atoms with Crippen molar-refractivity contribution in [2.24, 2.45) is 16.7 Å². The van der Waals surface area contributed by atoms with Gasteiger partial charge in [-0.3, -0.25) is 4.79 Å². The number of carbonyl (C=O) groups excluding carboxylic acids is 1. The van der Waals surface area contributed by atoms with Crippen LogP contribution < -0.4 is 0 Å². The predicted octanol–water partition coefficient (Wildman–Crippen LogP) is 1.26. The topological polar surface area (TPSA) is 40.5 Å². The van der Waals surface area contributed by atoms with E-state index in [-0.39, 0.29) is 11.3 Å². The fraction of sp³-hybridized carbons (Fsp3) is 0.917. The van der Waals surface area contributed by atoms with Crippen molar-refractivity contribution in [2.45, 2.75) is 39.2 Å². The molecule has 2 fully saturated rings. The highest BCUT2D eigenvalue weighted by atomic mass is 16.3. The molecular weight excluding hydrogens is 190 g/mol. The molecule has 0 spiro atoms. The zero-order valence-electron chi connectivity index (χ0n) is 10.1. The van der Waals surface area contributed by atoms with Crippen LogP contribution in [0.3, 0.4) is 0 Å². The van der Waals surface area contributed by atoms with Crippen LogP contribution in [-0.2, 0) is 4.79 Å². The van der Waals surface area contributed by atoms with Gasteiger partial charge in [0.2, 0.25) is 5.91 Å². The highest BCUT2D eigenvalue weighted by Gasteiger charge is 2.64. The van der Waals surface area contributed by atoms with Crippen molar-refractivity contribution in [3.8, 4) is 0 Å². The normalized spacial score (nSPS) is 41.9. The van der Waals surface area contributed by atoms with Gasteiger partial charge >= 0.3 is 0 Å². The van der Waals surface area contributed by atoms with Gasteiger partial charge in [0.15, 0.2) is 0 Å². The van der Waals surface area contributed by atoms with Crippen molar-refractivity contribution in [3.05, 3.63) is 0 Å². The third kappa shape index (κ3) is 1.19. The number of amides is 1. The van der Waals surface area contributed by atoms with Gasteiger partial charge in [-0.05, 0) is 30.6 Å². The van der Waals surface area contributed by atoms with Crippen molar-refractivity contribution in [1.29, 1.82) is 0 Å². The monoisotopic (exact) mass is 211 g/mol. The summed E-state index contributed by atoms with van der Waals surface area (Å²) in [7, 11) is 3.56. The minimum atomic E-state index is -0.475. The third-order valence-electron chi connectivity index (χ3n) is 4.66. The Morgan fingerprint density at radius 2 is 2.00 bits per heavy atom. The summed E-state index contributed by atoms with van der Waals surface area (Å²) >= 11 is 0. The Bertz CT molecular complexity index is 298. The van der Waals surface area contributed by atoms with E-state index in [1.165, 1.54) is 0 Å². The van der Waals surface area contributed by atoms with E-state index in [1.54, 1.807) is 19.0 Å². The summed E-state index contributed by atoms with van der Waals surface area (Å²) in [5.41, 5.74) is -0.568. The molecule has 3 nitrogen and oxygen atoms in total. The van der Waals surface area contributed by atoms with Gasteiger partial charge in [-0.25, -0.2) is 0 Å². The van der Waals surface area contributed by atoms with E-state index in [0.717, 1.165) is 19.3 Å². The van der Waals surface area contributed by atoms with E-state index in [1.807, 2.05) is 0 Å². The maximum Gasteiger partial charge on any atom is 0.230 e. The number of fused-ring (bicyclic) bond motifs is 2. The highest BCUT2D eigenvalue weighted by molar-refractivity contribution is 5.84. The lowest BCUT2D eigenvalue weighted by molar-refractivity contribution is -0.149. The molecular formula is C12H21NO2. The molecule has 3 heteroatoms. The Balaban J connectivity index is 2.35. The quantitative estimate of drug-likeness (QED) is 0.709. The molecule has 86 valence electrons. The van der Waals surface area contributed by atoms with Gasteiger partial charge in [-0.1, -0.05) is 13.8 Å². The molecule has 0 aromatic heterocycles. The number of hydrogen-bond donors (Lipinski definition) is 1. The van der Waals surface area contributed by atoms with Gasteiger partial charge in [0.25, 0.3) is 0 Å². The van der Waals surface area contributed by atoms with Gasteiger partial charge in [0.05, 0.1) is 11.5 Å². The third-order valence-corrected chi connectivity index (χ3v) is 4.66. The van der Waals surface area contributed by atoms with Crippen LogP contribution in [0.1, 0.15) is 33.1 Å². The van der Waals surface area contributed by atoms with Crippen LogP contribution in [0, 0.1) is 16.7 Å². The number of aliphatic hydroxyl groups is 1. The molecule has 0 aromatic rings. The maximum atomic E-state index is 12.2. The largest absolute Gasteiger partial charge is 0.391 e. The van der Waals surface area contributed by atoms with Gasteiger partial charge in [-0.15, -0.1) is 0 Å². The molecule has 1 N–H and O–H groups in total. The lowest BCUT2D eigenvalue weighted by atomic mass is 9.69. The van der Waals surface area contributed by atoms with E-state index < -0.39 is 11.5 Å². The summed E-state index contributed by atoms with van der Waals surface area (Å²) in [6.45, 7) is 4.18. The number of hydrogen-bond acceptors (Lipinski definition) is 2. The smallest absolute Gasteiger partial charge is 0.230 e. The van der Waals surface area contributed by atoms with Crippen LogP contribution >= 0.6 is 0 Å². The summed E-state index contributed by atoms with van der Waals surface area (Å²) in [4.78, 5) is 13.8. The number of aliphatic hydroxyl groups excluding tert-OH is 1. The number of carbonyl (C=O) groups is 1. The minimum absolute atomic E-state index is 0.0933. The molecule has 2 saturated carbocycles. The van der Waals surface area contributed by atoms with Crippen LogP contribution in [0.15, 0.2) is 0 Å². The molecule has 0 saturated heterocycles. The first-order valence-electron chi connectivity index (χ1n) is 5.72. The molecule has 15 heavy (non-hydrogen) atoms. The Kier molecular flexibility index (Phi) is 2.16. The Morgan fingerprint density at radius 3 is 2.40 bits per heavy atom. The number of rotatable bonds is 1.